The van der Waals surface area contributed by atoms with Crippen molar-refractivity contribution in [2.75, 3.05) is 68.1 Å². The molecule has 39 heavy (non-hydrogen) atoms. The molecule has 3 aliphatic heterocycles. The Hall–Kier alpha value is -3.64. The molecule has 4 heterocycles. The molecule has 0 saturated carbocycles. The van der Waals surface area contributed by atoms with Crippen LogP contribution in [0.25, 0.3) is 0 Å². The Morgan fingerprint density at radius 2 is 1.95 bits per heavy atom. The summed E-state index contributed by atoms with van der Waals surface area (Å²) in [5, 5.41) is 9.50. The highest BCUT2D eigenvalue weighted by Gasteiger charge is 2.37. The lowest BCUT2D eigenvalue weighted by molar-refractivity contribution is -0.128. The molecule has 2 atom stereocenters. The highest BCUT2D eigenvalue weighted by Crippen LogP contribution is 2.37. The van der Waals surface area contributed by atoms with E-state index in [0.717, 1.165) is 62.8 Å². The Bertz CT molecular complexity index is 1300. The summed E-state index contributed by atoms with van der Waals surface area (Å²) in [7, 11) is 4.25. The van der Waals surface area contributed by atoms with Crippen molar-refractivity contribution in [2.45, 2.75) is 50.2 Å². The number of likely N-dealkylation sites (N-methyl/N-ethyl adjacent to an activating group) is 1. The van der Waals surface area contributed by atoms with Crippen LogP contribution in [0.4, 0.5) is 17.5 Å². The van der Waals surface area contributed by atoms with Crippen molar-refractivity contribution in [3.05, 3.63) is 53.7 Å². The number of hydrogen-bond acceptors (Lipinski definition) is 8. The van der Waals surface area contributed by atoms with E-state index in [1.165, 1.54) is 22.9 Å². The second kappa shape index (κ2) is 10.5. The first-order valence-electron chi connectivity index (χ1n) is 14.2. The Morgan fingerprint density at radius 3 is 2.72 bits per heavy atom. The van der Waals surface area contributed by atoms with Gasteiger partial charge in [-0.15, -0.1) is 0 Å². The fraction of sp³-hybridized carbons (Fsp3) is 0.533. The number of fused-ring (bicyclic) bond motifs is 2. The lowest BCUT2D eigenvalue weighted by Gasteiger charge is -2.45. The summed E-state index contributed by atoms with van der Waals surface area (Å²) in [5.74, 6) is 1.70. The van der Waals surface area contributed by atoms with Crippen molar-refractivity contribution in [2.24, 2.45) is 0 Å². The van der Waals surface area contributed by atoms with Gasteiger partial charge in [0.25, 0.3) is 0 Å². The number of nitrogens with zero attached hydrogens (tertiary/aromatic N) is 8. The van der Waals surface area contributed by atoms with E-state index in [1.807, 2.05) is 0 Å². The normalized spacial score (nSPS) is 22.8. The smallest absolute Gasteiger partial charge is 0.246 e. The van der Waals surface area contributed by atoms with Crippen LogP contribution in [-0.4, -0.2) is 97.2 Å². The largest absolute Gasteiger partial charge is 0.368 e. The van der Waals surface area contributed by atoms with E-state index in [1.54, 1.807) is 4.90 Å². The van der Waals surface area contributed by atoms with Gasteiger partial charge in [0.05, 0.1) is 24.2 Å². The highest BCUT2D eigenvalue weighted by molar-refractivity contribution is 5.87. The molecule has 204 valence electrons. The third-order valence-corrected chi connectivity index (χ3v) is 9.02. The van der Waals surface area contributed by atoms with Gasteiger partial charge in [-0.05, 0) is 51.1 Å². The van der Waals surface area contributed by atoms with Crippen LogP contribution in [-0.2, 0) is 24.1 Å². The number of carbonyl (C=O) groups is 1. The van der Waals surface area contributed by atoms with Crippen LogP contribution < -0.4 is 14.7 Å². The molecular formula is C30H38N8O. The predicted octanol–water partition coefficient (Wildman–Crippen LogP) is 2.26. The van der Waals surface area contributed by atoms with Gasteiger partial charge in [-0.3, -0.25) is 4.79 Å². The van der Waals surface area contributed by atoms with Gasteiger partial charge in [-0.2, -0.15) is 10.2 Å². The molecule has 0 spiro atoms. The van der Waals surface area contributed by atoms with Gasteiger partial charge >= 0.3 is 0 Å². The molecule has 0 bridgehead atoms. The lowest BCUT2D eigenvalue weighted by Crippen LogP contribution is -2.58. The van der Waals surface area contributed by atoms with Crippen molar-refractivity contribution in [1.29, 1.82) is 5.26 Å². The average Bonchev–Trinajstić information content (AvgIpc) is 3.35. The third-order valence-electron chi connectivity index (χ3n) is 9.02. The number of piperazine rings is 1. The summed E-state index contributed by atoms with van der Waals surface area (Å²) >= 11 is 0. The molecule has 1 aromatic carbocycles. The van der Waals surface area contributed by atoms with Crippen LogP contribution in [0.1, 0.15) is 29.7 Å². The first kappa shape index (κ1) is 25.6. The Morgan fingerprint density at radius 1 is 1.13 bits per heavy atom. The number of anilines is 3. The second-order valence-corrected chi connectivity index (χ2v) is 11.5. The van der Waals surface area contributed by atoms with Crippen molar-refractivity contribution in [3.63, 3.8) is 0 Å². The Balaban J connectivity index is 1.31. The van der Waals surface area contributed by atoms with E-state index < -0.39 is 0 Å². The summed E-state index contributed by atoms with van der Waals surface area (Å²) < 4.78 is 0. The van der Waals surface area contributed by atoms with Gasteiger partial charge in [-0.25, -0.2) is 4.98 Å². The molecule has 2 saturated heterocycles. The summed E-state index contributed by atoms with van der Waals surface area (Å²) in [5.41, 5.74) is 5.22. The minimum atomic E-state index is -0.178. The second-order valence-electron chi connectivity index (χ2n) is 11.5. The summed E-state index contributed by atoms with van der Waals surface area (Å²) in [6, 6.07) is 11.8. The van der Waals surface area contributed by atoms with Crippen LogP contribution in [0.3, 0.4) is 0 Å². The molecular weight excluding hydrogens is 488 g/mol. The fourth-order valence-corrected chi connectivity index (χ4v) is 6.66. The minimum Gasteiger partial charge on any atom is -0.368 e. The topological polar surface area (TPSA) is 82.8 Å². The van der Waals surface area contributed by atoms with E-state index in [2.05, 4.69) is 70.6 Å². The summed E-state index contributed by atoms with van der Waals surface area (Å²) in [4.78, 5) is 34.1. The Kier molecular flexibility index (Phi) is 6.90. The number of aromatic nitrogens is 2. The highest BCUT2D eigenvalue weighted by atomic mass is 16.2. The van der Waals surface area contributed by atoms with Gasteiger partial charge < -0.3 is 24.5 Å². The number of benzene rings is 1. The number of para-hydroxylation sites is 1. The SMILES string of the molecule is C=CC(=O)N1CCN(c2nc(N3CC(N(C)C)C3)nc3c2CCC(N2CCc4ccccc42)C3)CC1CC#N. The van der Waals surface area contributed by atoms with E-state index >= 15 is 0 Å². The lowest BCUT2D eigenvalue weighted by atomic mass is 9.90. The number of carbonyl (C=O) groups excluding carboxylic acids is 1. The minimum absolute atomic E-state index is 0.107. The van der Waals surface area contributed by atoms with Gasteiger partial charge in [0.15, 0.2) is 0 Å². The quantitative estimate of drug-likeness (QED) is 0.531. The number of hydrogen-bond donors (Lipinski definition) is 0. The van der Waals surface area contributed by atoms with Crippen molar-refractivity contribution >= 4 is 23.4 Å². The third kappa shape index (κ3) is 4.71. The maximum absolute atomic E-state index is 12.5. The zero-order valence-electron chi connectivity index (χ0n) is 23.1. The first-order chi connectivity index (χ1) is 19.0. The zero-order chi connectivity index (χ0) is 27.1. The van der Waals surface area contributed by atoms with E-state index in [9.17, 15) is 10.1 Å². The monoisotopic (exact) mass is 526 g/mol. The number of rotatable bonds is 6. The van der Waals surface area contributed by atoms with Gasteiger partial charge in [0.1, 0.15) is 5.82 Å². The molecule has 0 radical (unpaired) electrons. The molecule has 4 aliphatic rings. The van der Waals surface area contributed by atoms with E-state index in [0.29, 0.717) is 38.1 Å². The molecule has 1 amide bonds. The molecule has 0 N–H and O–H groups in total. The number of amides is 1. The summed E-state index contributed by atoms with van der Waals surface area (Å²) in [6.07, 6.45) is 5.67. The molecule has 6 rings (SSSR count). The maximum Gasteiger partial charge on any atom is 0.246 e. The van der Waals surface area contributed by atoms with Crippen LogP contribution >= 0.6 is 0 Å². The predicted molar refractivity (Wildman–Crippen MR) is 153 cm³/mol. The standard InChI is InChI=1S/C30H38N8O/c1-4-28(39)38-16-15-35(18-23(38)11-13-31)29-25-10-9-22(37-14-12-21-7-5-6-8-27(21)37)17-26(25)32-30(33-29)36-19-24(20-36)34(2)3/h4-8,22-24H,1,9-12,14-20H2,2-3H3. The Labute approximate surface area is 231 Å². The average molecular weight is 527 g/mol. The van der Waals surface area contributed by atoms with Crippen LogP contribution in [0, 0.1) is 11.3 Å². The maximum atomic E-state index is 12.5. The molecule has 1 aliphatic carbocycles. The molecule has 1 aromatic heterocycles. The van der Waals surface area contributed by atoms with Crippen LogP contribution in [0.2, 0.25) is 0 Å². The zero-order valence-corrected chi connectivity index (χ0v) is 23.1. The van der Waals surface area contributed by atoms with Crippen LogP contribution in [0.15, 0.2) is 36.9 Å². The molecule has 2 unspecified atom stereocenters. The van der Waals surface area contributed by atoms with E-state index in [-0.39, 0.29) is 11.9 Å². The van der Waals surface area contributed by atoms with E-state index in [4.69, 9.17) is 9.97 Å². The molecule has 2 fully saturated rings. The molecule has 9 nitrogen and oxygen atoms in total. The first-order valence-corrected chi connectivity index (χ1v) is 14.2. The van der Waals surface area contributed by atoms with Gasteiger partial charge in [0.2, 0.25) is 11.9 Å². The van der Waals surface area contributed by atoms with Crippen molar-refractivity contribution in [3.8, 4) is 6.07 Å². The van der Waals surface area contributed by atoms with Gasteiger partial charge in [0, 0.05) is 69.0 Å². The fourth-order valence-electron chi connectivity index (χ4n) is 6.66. The van der Waals surface area contributed by atoms with Gasteiger partial charge in [-0.1, -0.05) is 24.8 Å². The van der Waals surface area contributed by atoms with Crippen molar-refractivity contribution < 1.29 is 4.79 Å². The summed E-state index contributed by atoms with van der Waals surface area (Å²) in [6.45, 7) is 8.42. The van der Waals surface area contributed by atoms with Crippen LogP contribution in [0.5, 0.6) is 0 Å². The molecule has 9 heteroatoms. The number of nitriles is 1. The molecule has 2 aromatic rings. The van der Waals surface area contributed by atoms with Crippen molar-refractivity contribution in [1.82, 2.24) is 19.8 Å².